The molecule has 0 radical (unpaired) electrons. The van der Waals surface area contributed by atoms with Gasteiger partial charge in [-0.15, -0.1) is 11.3 Å². The van der Waals surface area contributed by atoms with Crippen LogP contribution in [-0.4, -0.2) is 30.7 Å². The summed E-state index contributed by atoms with van der Waals surface area (Å²) in [6.45, 7) is 0. The molecule has 0 fully saturated rings. The van der Waals surface area contributed by atoms with Crippen molar-refractivity contribution in [3.63, 3.8) is 0 Å². The number of benzene rings is 1. The van der Waals surface area contributed by atoms with E-state index in [1.807, 2.05) is 41.8 Å². The Balaban J connectivity index is 1.95. The second-order valence-electron chi connectivity index (χ2n) is 5.77. The molecule has 0 atom stereocenters. The van der Waals surface area contributed by atoms with Gasteiger partial charge in [-0.05, 0) is 30.0 Å². The number of carboxylic acids is 1. The number of aliphatic carboxylic acids is 1. The van der Waals surface area contributed by atoms with Gasteiger partial charge >= 0.3 is 11.5 Å². The van der Waals surface area contributed by atoms with Crippen LogP contribution in [0.1, 0.15) is 18.7 Å². The van der Waals surface area contributed by atoms with Crippen LogP contribution in [0.4, 0.5) is 0 Å². The third kappa shape index (κ3) is 2.95. The Hall–Kier alpha value is -3.13. The van der Waals surface area contributed by atoms with E-state index in [0.717, 1.165) is 10.3 Å². The molecule has 0 unspecified atom stereocenters. The zero-order valence-corrected chi connectivity index (χ0v) is 14.4. The third-order valence-electron chi connectivity index (χ3n) is 4.00. The van der Waals surface area contributed by atoms with E-state index in [4.69, 9.17) is 5.11 Å². The number of fused-ring (bicyclic) bond motifs is 3. The van der Waals surface area contributed by atoms with Crippen LogP contribution >= 0.6 is 11.3 Å². The highest BCUT2D eigenvalue weighted by molar-refractivity contribution is 7.13. The van der Waals surface area contributed by atoms with Crippen LogP contribution in [0, 0.1) is 0 Å². The average Bonchev–Trinajstić information content (AvgIpc) is 3.15. The Kier molecular flexibility index (Phi) is 4.18. The molecule has 1 aromatic carbocycles. The van der Waals surface area contributed by atoms with Crippen molar-refractivity contribution in [1.82, 2.24) is 19.6 Å². The summed E-state index contributed by atoms with van der Waals surface area (Å²) in [5.41, 5.74) is 1.02. The third-order valence-corrected chi connectivity index (χ3v) is 4.87. The lowest BCUT2D eigenvalue weighted by Crippen LogP contribution is -2.18. The number of thiophene rings is 1. The smallest absolute Gasteiger partial charge is 0.303 e. The van der Waals surface area contributed by atoms with Gasteiger partial charge in [0.1, 0.15) is 5.82 Å². The van der Waals surface area contributed by atoms with Crippen LogP contribution in [-0.2, 0) is 11.2 Å². The molecule has 7 nitrogen and oxygen atoms in total. The van der Waals surface area contributed by atoms with Crippen molar-refractivity contribution in [3.05, 3.63) is 58.0 Å². The second kappa shape index (κ2) is 6.64. The minimum absolute atomic E-state index is 0.0431. The molecule has 4 aromatic rings. The molecule has 0 saturated carbocycles. The highest BCUT2D eigenvalue weighted by Crippen LogP contribution is 2.22. The zero-order chi connectivity index (χ0) is 18.1. The van der Waals surface area contributed by atoms with Crippen LogP contribution < -0.4 is 5.56 Å². The molecule has 8 heteroatoms. The standard InChI is InChI=1S/C18H14N4O3S/c23-15(24)9-3-8-14-19-12-6-2-1-5-11(12)17-20-18(25)16(21-22(14)17)13-7-4-10-26-13/h1-2,4-7,10H,3,8-9H2,(H,23,24). The van der Waals surface area contributed by atoms with Gasteiger partial charge in [-0.25, -0.2) is 4.98 Å². The Morgan fingerprint density at radius 1 is 1.15 bits per heavy atom. The van der Waals surface area contributed by atoms with Crippen molar-refractivity contribution in [2.75, 3.05) is 0 Å². The molecule has 0 aliphatic carbocycles. The summed E-state index contributed by atoms with van der Waals surface area (Å²) >= 11 is 1.42. The van der Waals surface area contributed by atoms with Crippen molar-refractivity contribution in [1.29, 1.82) is 0 Å². The van der Waals surface area contributed by atoms with E-state index in [-0.39, 0.29) is 17.7 Å². The number of hydrogen-bond donors (Lipinski definition) is 1. The van der Waals surface area contributed by atoms with Gasteiger partial charge in [0.15, 0.2) is 11.3 Å². The number of rotatable bonds is 5. The van der Waals surface area contributed by atoms with Gasteiger partial charge in [-0.1, -0.05) is 18.2 Å². The van der Waals surface area contributed by atoms with E-state index >= 15 is 0 Å². The largest absolute Gasteiger partial charge is 0.481 e. The quantitative estimate of drug-likeness (QED) is 0.546. The van der Waals surface area contributed by atoms with Crippen LogP contribution in [0.3, 0.4) is 0 Å². The Morgan fingerprint density at radius 2 is 2.00 bits per heavy atom. The molecular weight excluding hydrogens is 352 g/mol. The van der Waals surface area contributed by atoms with Crippen LogP contribution in [0.25, 0.3) is 27.1 Å². The lowest BCUT2D eigenvalue weighted by Gasteiger charge is -2.10. The summed E-state index contributed by atoms with van der Waals surface area (Å²) in [7, 11) is 0. The second-order valence-corrected chi connectivity index (χ2v) is 6.72. The minimum atomic E-state index is -0.854. The minimum Gasteiger partial charge on any atom is -0.481 e. The predicted molar refractivity (Wildman–Crippen MR) is 98.4 cm³/mol. The van der Waals surface area contributed by atoms with E-state index in [0.29, 0.717) is 29.8 Å². The van der Waals surface area contributed by atoms with Crippen molar-refractivity contribution >= 4 is 33.9 Å². The average molecular weight is 366 g/mol. The summed E-state index contributed by atoms with van der Waals surface area (Å²) < 4.78 is 1.57. The first kappa shape index (κ1) is 16.3. The van der Waals surface area contributed by atoms with Crippen LogP contribution in [0.15, 0.2) is 46.6 Å². The van der Waals surface area contributed by atoms with Crippen molar-refractivity contribution in [2.45, 2.75) is 19.3 Å². The summed E-state index contributed by atoms with van der Waals surface area (Å²) in [5, 5.41) is 16.0. The molecule has 0 spiro atoms. The van der Waals surface area contributed by atoms with E-state index in [2.05, 4.69) is 15.1 Å². The number of para-hydroxylation sites is 1. The molecule has 0 saturated heterocycles. The van der Waals surface area contributed by atoms with Gasteiger partial charge in [0.2, 0.25) is 0 Å². The molecular formula is C18H14N4O3S. The van der Waals surface area contributed by atoms with E-state index in [9.17, 15) is 9.59 Å². The van der Waals surface area contributed by atoms with Gasteiger partial charge in [0.25, 0.3) is 0 Å². The van der Waals surface area contributed by atoms with Crippen molar-refractivity contribution in [3.8, 4) is 10.6 Å². The SMILES string of the molecule is O=C(O)CCCc1nc2ccccc2c2nc(=O)c(-c3cccs3)nn12. The van der Waals surface area contributed by atoms with Crippen LogP contribution in [0.5, 0.6) is 0 Å². The molecule has 0 aliphatic heterocycles. The number of carbonyl (C=O) groups is 1. The molecule has 26 heavy (non-hydrogen) atoms. The molecule has 1 N–H and O–H groups in total. The van der Waals surface area contributed by atoms with E-state index in [1.54, 1.807) is 4.52 Å². The summed E-state index contributed by atoms with van der Waals surface area (Å²) in [6.07, 6.45) is 0.897. The number of aryl methyl sites for hydroxylation is 1. The fourth-order valence-corrected chi connectivity index (χ4v) is 3.52. The fraction of sp³-hybridized carbons (Fsp3) is 0.167. The Morgan fingerprint density at radius 3 is 2.77 bits per heavy atom. The molecule has 3 heterocycles. The van der Waals surface area contributed by atoms with Gasteiger partial charge in [0, 0.05) is 18.2 Å². The summed E-state index contributed by atoms with van der Waals surface area (Å²) in [6, 6.07) is 11.1. The number of aromatic nitrogens is 4. The Labute approximate surface area is 151 Å². The van der Waals surface area contributed by atoms with Gasteiger partial charge in [0.05, 0.1) is 10.4 Å². The first-order valence-corrected chi connectivity index (χ1v) is 8.96. The maximum absolute atomic E-state index is 12.5. The molecule has 130 valence electrons. The summed E-state index contributed by atoms with van der Waals surface area (Å²) in [4.78, 5) is 33.0. The Bertz CT molecular complexity index is 1170. The molecule has 0 amide bonds. The highest BCUT2D eigenvalue weighted by Gasteiger charge is 2.15. The monoisotopic (exact) mass is 366 g/mol. The van der Waals surface area contributed by atoms with Crippen molar-refractivity contribution < 1.29 is 9.90 Å². The number of carboxylic acid groups (broad SMARTS) is 1. The van der Waals surface area contributed by atoms with Crippen molar-refractivity contribution in [2.24, 2.45) is 0 Å². The maximum atomic E-state index is 12.5. The van der Waals surface area contributed by atoms with E-state index < -0.39 is 5.97 Å². The van der Waals surface area contributed by atoms with Gasteiger partial charge in [-0.3, -0.25) is 9.59 Å². The fourth-order valence-electron chi connectivity index (χ4n) is 2.82. The molecule has 3 aromatic heterocycles. The number of nitrogens with zero attached hydrogens (tertiary/aromatic N) is 4. The van der Waals surface area contributed by atoms with Crippen LogP contribution in [0.2, 0.25) is 0 Å². The maximum Gasteiger partial charge on any atom is 0.303 e. The first-order chi connectivity index (χ1) is 12.6. The normalized spacial score (nSPS) is 11.2. The summed E-state index contributed by atoms with van der Waals surface area (Å²) in [5.74, 6) is -0.266. The number of hydrogen-bond acceptors (Lipinski definition) is 6. The highest BCUT2D eigenvalue weighted by atomic mass is 32.1. The zero-order valence-electron chi connectivity index (χ0n) is 13.6. The molecule has 0 bridgehead atoms. The predicted octanol–water partition coefficient (Wildman–Crippen LogP) is 2.77. The van der Waals surface area contributed by atoms with Gasteiger partial charge < -0.3 is 5.11 Å². The topological polar surface area (TPSA) is 97.5 Å². The lowest BCUT2D eigenvalue weighted by molar-refractivity contribution is -0.137. The molecule has 0 aliphatic rings. The van der Waals surface area contributed by atoms with Gasteiger partial charge in [-0.2, -0.15) is 14.6 Å². The first-order valence-electron chi connectivity index (χ1n) is 8.08. The van der Waals surface area contributed by atoms with E-state index in [1.165, 1.54) is 11.3 Å². The molecule has 4 rings (SSSR count). The lowest BCUT2D eigenvalue weighted by atomic mass is 10.2.